The van der Waals surface area contributed by atoms with E-state index in [1.807, 2.05) is 6.07 Å². The number of furan rings is 1. The molecule has 3 heterocycles. The van der Waals surface area contributed by atoms with Gasteiger partial charge in [0.05, 0.1) is 25.3 Å². The van der Waals surface area contributed by atoms with Crippen molar-refractivity contribution in [2.75, 3.05) is 18.6 Å². The highest BCUT2D eigenvalue weighted by Crippen LogP contribution is 2.43. The molecule has 0 saturated carbocycles. The van der Waals surface area contributed by atoms with Crippen molar-refractivity contribution in [2.45, 2.75) is 32.2 Å². The van der Waals surface area contributed by atoms with E-state index in [1.54, 1.807) is 54.0 Å². The number of hydrogen-bond donors (Lipinski definition) is 1. The first kappa shape index (κ1) is 24.6. The molecule has 8 nitrogen and oxygen atoms in total. The lowest BCUT2D eigenvalue weighted by Gasteiger charge is -2.24. The Morgan fingerprint density at radius 2 is 2.03 bits per heavy atom. The Morgan fingerprint density at radius 3 is 2.78 bits per heavy atom. The average Bonchev–Trinajstić information content (AvgIpc) is 3.65. The van der Waals surface area contributed by atoms with Crippen LogP contribution in [0, 0.1) is 0 Å². The predicted octanol–water partition coefficient (Wildman–Crippen LogP) is 6.25. The number of anilines is 1. The van der Waals surface area contributed by atoms with Gasteiger partial charge in [0.2, 0.25) is 5.78 Å². The Labute approximate surface area is 217 Å². The number of carbonyl (C=O) groups excluding carboxylic acids is 2. The Kier molecular flexibility index (Phi) is 6.96. The van der Waals surface area contributed by atoms with Crippen molar-refractivity contribution in [1.82, 2.24) is 4.98 Å². The van der Waals surface area contributed by atoms with Gasteiger partial charge in [-0.05, 0) is 36.2 Å². The number of aromatic nitrogens is 1. The maximum Gasteiger partial charge on any atom is 0.296 e. The van der Waals surface area contributed by atoms with Crippen LogP contribution in [-0.4, -0.2) is 35.5 Å². The summed E-state index contributed by atoms with van der Waals surface area (Å²) < 4.78 is 17.1. The van der Waals surface area contributed by atoms with Crippen LogP contribution in [0.3, 0.4) is 0 Å². The third kappa shape index (κ3) is 4.58. The molecule has 4 aromatic rings. The summed E-state index contributed by atoms with van der Waals surface area (Å²) in [4.78, 5) is 32.7. The number of ketones is 1. The van der Waals surface area contributed by atoms with E-state index >= 15 is 0 Å². The maximum absolute atomic E-state index is 13.8. The monoisotopic (exact) mass is 518 g/mol. The summed E-state index contributed by atoms with van der Waals surface area (Å²) in [5, 5.41) is 13.7. The number of nitrogens with zero attached hydrogens (tertiary/aromatic N) is 2. The molecule has 1 aliphatic heterocycles. The van der Waals surface area contributed by atoms with Gasteiger partial charge in [-0.1, -0.05) is 44.0 Å². The highest BCUT2D eigenvalue weighted by molar-refractivity contribution is 7.13. The average molecular weight is 519 g/mol. The van der Waals surface area contributed by atoms with Crippen LogP contribution in [0.25, 0.3) is 11.0 Å². The standard InChI is InChI=1S/C28H26N2O6S/c1-3-4-5-13-35-19-10-6-8-17(15-19)23-22(25(32)27(33)30(23)28-29-12-14-37-28)24(31)21-16-18-9-7-11-20(34-2)26(18)36-21/h6-12,14-16,23,32H,3-5,13H2,1-2H3. The smallest absolute Gasteiger partial charge is 0.296 e. The summed E-state index contributed by atoms with van der Waals surface area (Å²) in [6.45, 7) is 2.69. The Hall–Kier alpha value is -4.11. The number of carbonyl (C=O) groups is 2. The molecule has 9 heteroatoms. The van der Waals surface area contributed by atoms with Crippen molar-refractivity contribution in [3.05, 3.63) is 82.8 Å². The quantitative estimate of drug-likeness (QED) is 0.196. The number of rotatable bonds is 10. The zero-order valence-electron chi connectivity index (χ0n) is 20.5. The fourth-order valence-electron chi connectivity index (χ4n) is 4.44. The van der Waals surface area contributed by atoms with Gasteiger partial charge in [-0.25, -0.2) is 4.98 Å². The van der Waals surface area contributed by atoms with E-state index in [-0.39, 0.29) is 11.3 Å². The van der Waals surface area contributed by atoms with E-state index in [2.05, 4.69) is 11.9 Å². The number of fused-ring (bicyclic) bond motifs is 1. The van der Waals surface area contributed by atoms with Gasteiger partial charge in [-0.15, -0.1) is 11.3 Å². The molecule has 1 N–H and O–H groups in total. The number of aliphatic hydroxyl groups is 1. The van der Waals surface area contributed by atoms with Gasteiger partial charge in [0.15, 0.2) is 28.0 Å². The van der Waals surface area contributed by atoms with Crippen molar-refractivity contribution in [3.8, 4) is 11.5 Å². The van der Waals surface area contributed by atoms with Crippen LogP contribution in [0.5, 0.6) is 11.5 Å². The molecule has 5 rings (SSSR count). The number of benzene rings is 2. The largest absolute Gasteiger partial charge is 0.503 e. The van der Waals surface area contributed by atoms with Crippen LogP contribution in [-0.2, 0) is 4.79 Å². The van der Waals surface area contributed by atoms with Crippen molar-refractivity contribution >= 4 is 39.1 Å². The highest BCUT2D eigenvalue weighted by atomic mass is 32.1. The third-order valence-electron chi connectivity index (χ3n) is 6.22. The maximum atomic E-state index is 13.8. The molecule has 37 heavy (non-hydrogen) atoms. The van der Waals surface area contributed by atoms with Crippen molar-refractivity contribution in [2.24, 2.45) is 0 Å². The topological polar surface area (TPSA) is 102 Å². The van der Waals surface area contributed by atoms with E-state index in [9.17, 15) is 14.7 Å². The number of unbranched alkanes of at least 4 members (excludes halogenated alkanes) is 2. The molecule has 0 aliphatic carbocycles. The number of ether oxygens (including phenoxy) is 2. The fourth-order valence-corrected chi connectivity index (χ4v) is 5.11. The second-order valence-corrected chi connectivity index (χ2v) is 9.47. The molecule has 1 amide bonds. The Balaban J connectivity index is 1.57. The molecule has 0 bridgehead atoms. The summed E-state index contributed by atoms with van der Waals surface area (Å²) in [5.74, 6) is -0.842. The van der Waals surface area contributed by atoms with E-state index < -0.39 is 23.5 Å². The normalized spacial score (nSPS) is 15.6. The lowest BCUT2D eigenvalue weighted by molar-refractivity contribution is -0.117. The highest BCUT2D eigenvalue weighted by Gasteiger charge is 2.46. The number of Topliss-reactive ketones (excluding diaryl/α,β-unsaturated/α-hetero) is 1. The molecule has 1 atom stereocenters. The number of amides is 1. The minimum absolute atomic E-state index is 0.00758. The number of thiazole rings is 1. The summed E-state index contributed by atoms with van der Waals surface area (Å²) in [7, 11) is 1.52. The van der Waals surface area contributed by atoms with Gasteiger partial charge >= 0.3 is 0 Å². The zero-order chi connectivity index (χ0) is 25.9. The predicted molar refractivity (Wildman–Crippen MR) is 141 cm³/mol. The second kappa shape index (κ2) is 10.5. The van der Waals surface area contributed by atoms with Crippen LogP contribution in [0.4, 0.5) is 5.13 Å². The summed E-state index contributed by atoms with van der Waals surface area (Å²) in [6, 6.07) is 13.2. The van der Waals surface area contributed by atoms with Crippen LogP contribution < -0.4 is 14.4 Å². The minimum Gasteiger partial charge on any atom is -0.503 e. The first-order valence-electron chi connectivity index (χ1n) is 12.0. The molecular formula is C28H26N2O6S. The molecule has 1 unspecified atom stereocenters. The van der Waals surface area contributed by atoms with Crippen LogP contribution >= 0.6 is 11.3 Å². The van der Waals surface area contributed by atoms with E-state index in [0.717, 1.165) is 19.3 Å². The SMILES string of the molecule is CCCCCOc1cccc(C2C(C(=O)c3cc4cccc(OC)c4o3)=C(O)C(=O)N2c2nccs2)c1. The molecule has 0 saturated heterocycles. The second-order valence-electron chi connectivity index (χ2n) is 8.60. The lowest BCUT2D eigenvalue weighted by Crippen LogP contribution is -2.30. The Morgan fingerprint density at radius 1 is 1.19 bits per heavy atom. The molecule has 190 valence electrons. The zero-order valence-corrected chi connectivity index (χ0v) is 21.3. The lowest BCUT2D eigenvalue weighted by atomic mass is 9.95. The summed E-state index contributed by atoms with van der Waals surface area (Å²) in [6.07, 6.45) is 4.64. The first-order valence-corrected chi connectivity index (χ1v) is 12.9. The minimum atomic E-state index is -0.916. The third-order valence-corrected chi connectivity index (χ3v) is 6.99. The summed E-state index contributed by atoms with van der Waals surface area (Å²) >= 11 is 1.24. The van der Waals surface area contributed by atoms with Gasteiger partial charge in [0, 0.05) is 17.0 Å². The van der Waals surface area contributed by atoms with Gasteiger partial charge in [0.25, 0.3) is 5.91 Å². The molecule has 2 aromatic heterocycles. The fraction of sp³-hybridized carbons (Fsp3) is 0.250. The van der Waals surface area contributed by atoms with Gasteiger partial charge in [-0.2, -0.15) is 0 Å². The van der Waals surface area contributed by atoms with E-state index in [1.165, 1.54) is 23.3 Å². The molecule has 0 spiro atoms. The van der Waals surface area contributed by atoms with Crippen molar-refractivity contribution in [3.63, 3.8) is 0 Å². The molecule has 1 aliphatic rings. The van der Waals surface area contributed by atoms with Crippen LogP contribution in [0.15, 0.2) is 75.9 Å². The molecule has 0 radical (unpaired) electrons. The molecule has 2 aromatic carbocycles. The Bertz CT molecular complexity index is 1470. The van der Waals surface area contributed by atoms with Gasteiger partial charge in [-0.3, -0.25) is 14.5 Å². The van der Waals surface area contributed by atoms with Crippen molar-refractivity contribution in [1.29, 1.82) is 0 Å². The number of aliphatic hydroxyl groups excluding tert-OH is 1. The number of para-hydroxylation sites is 1. The molecule has 0 fully saturated rings. The van der Waals surface area contributed by atoms with Crippen LogP contribution in [0.2, 0.25) is 0 Å². The van der Waals surface area contributed by atoms with Crippen LogP contribution in [0.1, 0.15) is 48.3 Å². The number of hydrogen-bond acceptors (Lipinski definition) is 8. The summed E-state index contributed by atoms with van der Waals surface area (Å²) in [5.41, 5.74) is 0.938. The first-order chi connectivity index (χ1) is 18.0. The van der Waals surface area contributed by atoms with Crippen molar-refractivity contribution < 1.29 is 28.6 Å². The van der Waals surface area contributed by atoms with E-state index in [0.29, 0.717) is 39.8 Å². The molecular weight excluding hydrogens is 492 g/mol. The van der Waals surface area contributed by atoms with Gasteiger partial charge in [0.1, 0.15) is 5.75 Å². The number of methoxy groups -OCH3 is 1. The van der Waals surface area contributed by atoms with Gasteiger partial charge < -0.3 is 19.0 Å². The van der Waals surface area contributed by atoms with E-state index in [4.69, 9.17) is 13.9 Å².